The van der Waals surface area contributed by atoms with Gasteiger partial charge in [0.15, 0.2) is 0 Å². The van der Waals surface area contributed by atoms with E-state index in [0.717, 1.165) is 18.4 Å². The molecule has 0 aliphatic heterocycles. The molecule has 0 aromatic heterocycles. The van der Waals surface area contributed by atoms with Crippen LogP contribution in [0.2, 0.25) is 0 Å². The molecule has 2 rings (SSSR count). The van der Waals surface area contributed by atoms with Crippen molar-refractivity contribution in [1.82, 2.24) is 0 Å². The topological polar surface area (TPSA) is 37.4 Å². The second-order valence-corrected chi connectivity index (χ2v) is 5.11. The molecule has 3 heteroatoms. The maximum Gasteiger partial charge on any atom is 0.249 e. The molecule has 1 saturated carbocycles. The summed E-state index contributed by atoms with van der Waals surface area (Å²) in [5, 5.41) is 0. The van der Waals surface area contributed by atoms with E-state index >= 15 is 0 Å². The minimum Gasteiger partial charge on any atom is -0.369 e. The van der Waals surface area contributed by atoms with Gasteiger partial charge in [-0.3, -0.25) is 9.59 Å². The molecular weight excluding hydrogens is 202 g/mol. The van der Waals surface area contributed by atoms with Crippen molar-refractivity contribution in [3.63, 3.8) is 0 Å². The first-order valence-corrected chi connectivity index (χ1v) is 6.10. The lowest BCUT2D eigenvalue weighted by molar-refractivity contribution is 0.682. The first-order chi connectivity index (χ1) is 7.54. The summed E-state index contributed by atoms with van der Waals surface area (Å²) >= 11 is 0. The number of hydrogen-bond acceptors (Lipinski definition) is 3. The van der Waals surface area contributed by atoms with Gasteiger partial charge >= 0.3 is 0 Å². The lowest BCUT2D eigenvalue weighted by atomic mass is 9.90. The van der Waals surface area contributed by atoms with Gasteiger partial charge in [0.1, 0.15) is 0 Å². The summed E-state index contributed by atoms with van der Waals surface area (Å²) in [6.45, 7) is 4.07. The summed E-state index contributed by atoms with van der Waals surface area (Å²) in [6.07, 6.45) is 4.52. The second kappa shape index (κ2) is 4.04. The molecule has 1 fully saturated rings. The molecule has 1 aliphatic rings. The van der Waals surface area contributed by atoms with Crippen molar-refractivity contribution in [3.8, 4) is 0 Å². The number of hydrogen-bond donors (Lipinski definition) is 0. The molecule has 0 saturated heterocycles. The fraction of sp³-hybridized carbons (Fsp3) is 0.692. The summed E-state index contributed by atoms with van der Waals surface area (Å²) < 4.78 is 0. The van der Waals surface area contributed by atoms with E-state index in [2.05, 4.69) is 0 Å². The van der Waals surface area contributed by atoms with Crippen molar-refractivity contribution in [2.75, 3.05) is 11.9 Å². The fourth-order valence-corrected chi connectivity index (χ4v) is 2.60. The summed E-state index contributed by atoms with van der Waals surface area (Å²) in [6, 6.07) is 0.267. The first kappa shape index (κ1) is 11.4. The van der Waals surface area contributed by atoms with Crippen LogP contribution in [0.4, 0.5) is 5.69 Å². The van der Waals surface area contributed by atoms with Crippen LogP contribution in [0.25, 0.3) is 0 Å². The van der Waals surface area contributed by atoms with Gasteiger partial charge in [0, 0.05) is 18.7 Å². The molecule has 0 heterocycles. The summed E-state index contributed by atoms with van der Waals surface area (Å²) in [5.74, 6) is 0.349. The summed E-state index contributed by atoms with van der Waals surface area (Å²) in [7, 11) is 1.90. The molecule has 0 radical (unpaired) electrons. The summed E-state index contributed by atoms with van der Waals surface area (Å²) in [5.41, 5.74) is 0.998. The van der Waals surface area contributed by atoms with Gasteiger partial charge in [0.25, 0.3) is 0 Å². The maximum absolute atomic E-state index is 11.7. The van der Waals surface area contributed by atoms with E-state index < -0.39 is 0 Å². The van der Waals surface area contributed by atoms with Gasteiger partial charge in [-0.1, -0.05) is 12.8 Å². The molecule has 0 spiro atoms. The molecule has 16 heavy (non-hydrogen) atoms. The predicted octanol–water partition coefficient (Wildman–Crippen LogP) is 1.78. The Balaban J connectivity index is 2.35. The van der Waals surface area contributed by atoms with Gasteiger partial charge in [-0.05, 0) is 32.6 Å². The standard InChI is InChI=1S/C13H19NO2/c1-8(2)14(3)11-10(12(15)13(11)16)9-6-4-5-7-9/h8-9H,4-7H2,1-3H3. The van der Waals surface area contributed by atoms with Crippen LogP contribution in [0.3, 0.4) is 0 Å². The van der Waals surface area contributed by atoms with Gasteiger partial charge < -0.3 is 4.90 Å². The smallest absolute Gasteiger partial charge is 0.249 e. The fourth-order valence-electron chi connectivity index (χ4n) is 2.60. The highest BCUT2D eigenvalue weighted by Crippen LogP contribution is 2.36. The molecule has 88 valence electrons. The van der Waals surface area contributed by atoms with E-state index in [1.54, 1.807) is 0 Å². The van der Waals surface area contributed by atoms with Crippen molar-refractivity contribution in [2.45, 2.75) is 51.5 Å². The normalized spacial score (nSPS) is 17.5. The zero-order valence-corrected chi connectivity index (χ0v) is 10.2. The average Bonchev–Trinajstić information content (AvgIpc) is 2.76. The lowest BCUT2D eigenvalue weighted by Gasteiger charge is -2.28. The van der Waals surface area contributed by atoms with E-state index in [9.17, 15) is 9.59 Å². The van der Waals surface area contributed by atoms with Crippen molar-refractivity contribution < 1.29 is 0 Å². The molecule has 0 unspecified atom stereocenters. The molecule has 1 aliphatic carbocycles. The van der Waals surface area contributed by atoms with Gasteiger partial charge in [-0.2, -0.15) is 0 Å². The molecule has 1 aromatic rings. The highest BCUT2D eigenvalue weighted by atomic mass is 16.2. The minimum atomic E-state index is -0.280. The third-order valence-electron chi connectivity index (χ3n) is 3.81. The third kappa shape index (κ3) is 1.58. The Morgan fingerprint density at radius 3 is 2.19 bits per heavy atom. The van der Waals surface area contributed by atoms with Crippen LogP contribution < -0.4 is 15.8 Å². The second-order valence-electron chi connectivity index (χ2n) is 5.11. The number of nitrogens with zero attached hydrogens (tertiary/aromatic N) is 1. The zero-order valence-electron chi connectivity index (χ0n) is 10.2. The van der Waals surface area contributed by atoms with Crippen LogP contribution in [-0.2, 0) is 0 Å². The maximum atomic E-state index is 11.7. The monoisotopic (exact) mass is 221 g/mol. The van der Waals surface area contributed by atoms with Crippen LogP contribution >= 0.6 is 0 Å². The van der Waals surface area contributed by atoms with Crippen LogP contribution in [-0.4, -0.2) is 13.1 Å². The van der Waals surface area contributed by atoms with Gasteiger partial charge in [0.05, 0.1) is 5.69 Å². The van der Waals surface area contributed by atoms with Crippen molar-refractivity contribution in [3.05, 3.63) is 26.0 Å². The van der Waals surface area contributed by atoms with E-state index in [-0.39, 0.29) is 16.9 Å². The molecule has 0 amide bonds. The molecule has 0 bridgehead atoms. The minimum absolute atomic E-state index is 0.227. The van der Waals surface area contributed by atoms with Crippen molar-refractivity contribution >= 4 is 5.69 Å². The van der Waals surface area contributed by atoms with Crippen LogP contribution in [0.1, 0.15) is 51.0 Å². The highest BCUT2D eigenvalue weighted by Gasteiger charge is 2.32. The van der Waals surface area contributed by atoms with Gasteiger partial charge in [0.2, 0.25) is 10.9 Å². The average molecular weight is 221 g/mol. The van der Waals surface area contributed by atoms with Crippen molar-refractivity contribution in [2.24, 2.45) is 0 Å². The SMILES string of the molecule is CC(C)N(C)c1c(C2CCCC2)c(=O)c1=O. The Kier molecular flexibility index (Phi) is 2.87. The van der Waals surface area contributed by atoms with E-state index in [4.69, 9.17) is 0 Å². The van der Waals surface area contributed by atoms with Crippen LogP contribution in [0.5, 0.6) is 0 Å². The largest absolute Gasteiger partial charge is 0.369 e. The number of anilines is 1. The van der Waals surface area contributed by atoms with E-state index in [1.807, 2.05) is 25.8 Å². The Morgan fingerprint density at radius 1 is 1.12 bits per heavy atom. The third-order valence-corrected chi connectivity index (χ3v) is 3.81. The van der Waals surface area contributed by atoms with Gasteiger partial charge in [-0.25, -0.2) is 0 Å². The molecular formula is C13H19NO2. The van der Waals surface area contributed by atoms with Crippen LogP contribution in [0.15, 0.2) is 9.59 Å². The molecule has 3 nitrogen and oxygen atoms in total. The van der Waals surface area contributed by atoms with E-state index in [1.165, 1.54) is 12.8 Å². The van der Waals surface area contributed by atoms with Gasteiger partial charge in [-0.15, -0.1) is 0 Å². The van der Waals surface area contributed by atoms with E-state index in [0.29, 0.717) is 11.6 Å². The Labute approximate surface area is 95.8 Å². The summed E-state index contributed by atoms with van der Waals surface area (Å²) in [4.78, 5) is 25.2. The molecule has 0 N–H and O–H groups in total. The molecule has 1 aromatic carbocycles. The predicted molar refractivity (Wildman–Crippen MR) is 66.1 cm³/mol. The Morgan fingerprint density at radius 2 is 1.69 bits per heavy atom. The molecule has 0 atom stereocenters. The Bertz CT molecular complexity index is 419. The lowest BCUT2D eigenvalue weighted by Crippen LogP contribution is -2.45. The Hall–Kier alpha value is -1.12. The zero-order chi connectivity index (χ0) is 11.9. The first-order valence-electron chi connectivity index (χ1n) is 6.10. The van der Waals surface area contributed by atoms with Crippen LogP contribution in [0, 0.1) is 0 Å². The quantitative estimate of drug-likeness (QED) is 0.730. The highest BCUT2D eigenvalue weighted by molar-refractivity contribution is 5.60. The van der Waals surface area contributed by atoms with Crippen molar-refractivity contribution in [1.29, 1.82) is 0 Å². The number of rotatable bonds is 3.